The Labute approximate surface area is 51.4 Å². The molecule has 1 unspecified atom stereocenters. The van der Waals surface area contributed by atoms with E-state index in [-0.39, 0.29) is 6.79 Å². The topological polar surface area (TPSA) is 54.0 Å². The third-order valence-electron chi connectivity index (χ3n) is 0.661. The maximum Gasteiger partial charge on any atom is 0.348 e. The number of hydrogen-bond donors (Lipinski definition) is 0. The molecular weight excluding hydrogens is 128 g/mol. The van der Waals surface area contributed by atoms with Gasteiger partial charge in [0.25, 0.3) is 0 Å². The molecule has 1 aliphatic heterocycles. The first-order chi connectivity index (χ1) is 4.29. The van der Waals surface area contributed by atoms with Gasteiger partial charge in [0.15, 0.2) is 6.79 Å². The van der Waals surface area contributed by atoms with Crippen LogP contribution in [-0.4, -0.2) is 19.2 Å². The van der Waals surface area contributed by atoms with Gasteiger partial charge >= 0.3 is 12.4 Å². The highest BCUT2D eigenvalue weighted by Crippen LogP contribution is 2.05. The first-order valence-corrected chi connectivity index (χ1v) is 2.36. The molecule has 1 atom stereocenters. The molecule has 52 valence electrons. The predicted molar refractivity (Wildman–Crippen MR) is 23.7 cm³/mol. The fourth-order valence-electron chi connectivity index (χ4n) is 0.384. The lowest BCUT2D eigenvalue weighted by atomic mass is 10.8. The number of hydrogen-bond acceptors (Lipinski definition) is 5. The molecule has 1 rings (SSSR count). The van der Waals surface area contributed by atoms with E-state index < -0.39 is 12.4 Å². The van der Waals surface area contributed by atoms with Crippen LogP contribution in [0, 0.1) is 0 Å². The highest BCUT2D eigenvalue weighted by molar-refractivity contribution is 5.65. The third-order valence-corrected chi connectivity index (χ3v) is 0.661. The number of rotatable bonds is 1. The van der Waals surface area contributed by atoms with Crippen molar-refractivity contribution < 1.29 is 24.0 Å². The van der Waals surface area contributed by atoms with Gasteiger partial charge in [-0.1, -0.05) is 0 Å². The van der Waals surface area contributed by atoms with Gasteiger partial charge in [0.05, 0.1) is 0 Å². The highest BCUT2D eigenvalue weighted by atomic mass is 17.3. The Morgan fingerprint density at radius 2 is 2.56 bits per heavy atom. The molecule has 0 saturated carbocycles. The van der Waals surface area contributed by atoms with E-state index in [1.165, 1.54) is 6.92 Å². The lowest BCUT2D eigenvalue weighted by Crippen LogP contribution is -2.15. The minimum Gasteiger partial charge on any atom is -0.408 e. The summed E-state index contributed by atoms with van der Waals surface area (Å²) in [5.41, 5.74) is 0. The quantitative estimate of drug-likeness (QED) is 0.366. The zero-order chi connectivity index (χ0) is 6.69. The molecule has 1 aliphatic rings. The van der Waals surface area contributed by atoms with Gasteiger partial charge in [0.1, 0.15) is 0 Å². The van der Waals surface area contributed by atoms with Crippen LogP contribution in [0.5, 0.6) is 0 Å². The van der Waals surface area contributed by atoms with Gasteiger partial charge < -0.3 is 4.74 Å². The van der Waals surface area contributed by atoms with E-state index in [2.05, 4.69) is 19.2 Å². The van der Waals surface area contributed by atoms with E-state index in [4.69, 9.17) is 0 Å². The van der Waals surface area contributed by atoms with E-state index in [0.717, 1.165) is 0 Å². The molecule has 5 heteroatoms. The normalized spacial score (nSPS) is 26.1. The van der Waals surface area contributed by atoms with Crippen LogP contribution in [-0.2, 0) is 24.0 Å². The molecule has 0 radical (unpaired) electrons. The monoisotopic (exact) mass is 134 g/mol. The summed E-state index contributed by atoms with van der Waals surface area (Å²) in [7, 11) is 0. The molecule has 5 nitrogen and oxygen atoms in total. The smallest absolute Gasteiger partial charge is 0.348 e. The molecule has 1 saturated heterocycles. The van der Waals surface area contributed by atoms with Crippen LogP contribution < -0.4 is 0 Å². The van der Waals surface area contributed by atoms with Crippen molar-refractivity contribution in [1.82, 2.24) is 0 Å². The fourth-order valence-corrected chi connectivity index (χ4v) is 0.384. The van der Waals surface area contributed by atoms with Crippen LogP contribution in [0.2, 0.25) is 0 Å². The van der Waals surface area contributed by atoms with E-state index in [1.807, 2.05) is 0 Å². The predicted octanol–water partition coefficient (Wildman–Crippen LogP) is -0.231. The minimum absolute atomic E-state index is 0.00204. The summed E-state index contributed by atoms with van der Waals surface area (Å²) in [6, 6.07) is 0. The highest BCUT2D eigenvalue weighted by Gasteiger charge is 2.19. The molecule has 0 bridgehead atoms. The summed E-state index contributed by atoms with van der Waals surface area (Å²) < 4.78 is 8.98. The van der Waals surface area contributed by atoms with Crippen molar-refractivity contribution in [3.05, 3.63) is 0 Å². The fraction of sp³-hybridized carbons (Fsp3) is 0.750. The average Bonchev–Trinajstić information content (AvgIpc) is 2.15. The number of carbonyl (C=O) groups excluding carboxylic acids is 1. The second-order valence-corrected chi connectivity index (χ2v) is 1.40. The Kier molecular flexibility index (Phi) is 1.99. The summed E-state index contributed by atoms with van der Waals surface area (Å²) in [6.07, 6.45) is 0. The lowest BCUT2D eigenvalue weighted by Gasteiger charge is -2.03. The molecule has 0 N–H and O–H groups in total. The maximum atomic E-state index is 10.2. The second-order valence-electron chi connectivity index (χ2n) is 1.40. The van der Waals surface area contributed by atoms with E-state index in [1.54, 1.807) is 0 Å². The van der Waals surface area contributed by atoms with E-state index >= 15 is 0 Å². The molecule has 0 aromatic heterocycles. The molecular formula is C4H6O5. The van der Waals surface area contributed by atoms with Crippen molar-refractivity contribution in [3.63, 3.8) is 0 Å². The standard InChI is InChI=1S/C4H6O5/c1-3(5)8-4-6-2-7-9-4/h4H,2H2,1H3. The summed E-state index contributed by atoms with van der Waals surface area (Å²) >= 11 is 0. The van der Waals surface area contributed by atoms with E-state index in [9.17, 15) is 4.79 Å². The second kappa shape index (κ2) is 2.77. The number of carbonyl (C=O) groups is 1. The van der Waals surface area contributed by atoms with Gasteiger partial charge in [-0.05, 0) is 0 Å². The van der Waals surface area contributed by atoms with Crippen LogP contribution in [0.1, 0.15) is 6.92 Å². The van der Waals surface area contributed by atoms with Crippen LogP contribution in [0.25, 0.3) is 0 Å². The third kappa shape index (κ3) is 1.96. The molecule has 0 aromatic carbocycles. The van der Waals surface area contributed by atoms with Gasteiger partial charge in [0, 0.05) is 6.92 Å². The van der Waals surface area contributed by atoms with Gasteiger partial charge in [-0.2, -0.15) is 4.89 Å². The molecule has 0 amide bonds. The van der Waals surface area contributed by atoms with Crippen molar-refractivity contribution in [2.45, 2.75) is 13.4 Å². The molecule has 0 aliphatic carbocycles. The summed E-state index contributed by atoms with van der Waals surface area (Å²) in [4.78, 5) is 18.7. The Balaban J connectivity index is 2.19. The van der Waals surface area contributed by atoms with E-state index in [0.29, 0.717) is 0 Å². The number of ether oxygens (including phenoxy) is 2. The largest absolute Gasteiger partial charge is 0.408 e. The van der Waals surface area contributed by atoms with Gasteiger partial charge in [-0.3, -0.25) is 9.53 Å². The van der Waals surface area contributed by atoms with Crippen LogP contribution in [0.15, 0.2) is 0 Å². The Hall–Kier alpha value is -0.650. The van der Waals surface area contributed by atoms with Gasteiger partial charge in [-0.15, -0.1) is 0 Å². The van der Waals surface area contributed by atoms with Crippen LogP contribution in [0.4, 0.5) is 0 Å². The SMILES string of the molecule is CC(=O)OC1OCOO1. The average molecular weight is 134 g/mol. The van der Waals surface area contributed by atoms with Gasteiger partial charge in [0.2, 0.25) is 0 Å². The van der Waals surface area contributed by atoms with Crippen LogP contribution >= 0.6 is 0 Å². The Morgan fingerprint density at radius 3 is 3.00 bits per heavy atom. The number of esters is 1. The summed E-state index contributed by atoms with van der Waals surface area (Å²) in [5, 5.41) is 0. The first-order valence-electron chi connectivity index (χ1n) is 2.36. The Morgan fingerprint density at radius 1 is 1.78 bits per heavy atom. The molecule has 1 fully saturated rings. The molecule has 1 heterocycles. The first kappa shape index (κ1) is 6.47. The van der Waals surface area contributed by atoms with Crippen molar-refractivity contribution >= 4 is 5.97 Å². The Bertz CT molecular complexity index is 106. The molecule has 9 heavy (non-hydrogen) atoms. The molecule has 0 aromatic rings. The summed E-state index contributed by atoms with van der Waals surface area (Å²) in [6.45, 7) is 0.269. The maximum absolute atomic E-state index is 10.2. The van der Waals surface area contributed by atoms with Crippen LogP contribution in [0.3, 0.4) is 0 Å². The van der Waals surface area contributed by atoms with Crippen molar-refractivity contribution in [3.8, 4) is 0 Å². The van der Waals surface area contributed by atoms with Gasteiger partial charge in [-0.25, -0.2) is 4.89 Å². The zero-order valence-electron chi connectivity index (χ0n) is 4.83. The lowest BCUT2D eigenvalue weighted by molar-refractivity contribution is -0.334. The summed E-state index contributed by atoms with van der Waals surface area (Å²) in [5.74, 6) is -0.467. The molecule has 0 spiro atoms. The van der Waals surface area contributed by atoms with Crippen molar-refractivity contribution in [2.75, 3.05) is 6.79 Å². The van der Waals surface area contributed by atoms with Crippen molar-refractivity contribution in [2.24, 2.45) is 0 Å². The zero-order valence-corrected chi connectivity index (χ0v) is 4.83. The van der Waals surface area contributed by atoms with Crippen molar-refractivity contribution in [1.29, 1.82) is 0 Å². The minimum atomic E-state index is -0.984.